The topological polar surface area (TPSA) is 101 Å². The van der Waals surface area contributed by atoms with Crippen molar-refractivity contribution in [3.63, 3.8) is 0 Å². The third-order valence-electron chi connectivity index (χ3n) is 3.45. The van der Waals surface area contributed by atoms with Crippen molar-refractivity contribution in [3.05, 3.63) is 70.0 Å². The van der Waals surface area contributed by atoms with E-state index in [2.05, 4.69) is 10.6 Å². The Balaban J connectivity index is 1.64. The van der Waals surface area contributed by atoms with Crippen molar-refractivity contribution in [1.29, 1.82) is 0 Å². The number of hydrogen-bond donors (Lipinski definition) is 2. The molecule has 2 rings (SSSR count). The van der Waals surface area contributed by atoms with E-state index in [1.54, 1.807) is 23.9 Å². The van der Waals surface area contributed by atoms with E-state index in [1.165, 1.54) is 30.3 Å². The first kappa shape index (κ1) is 20.4. The minimum Gasteiger partial charge on any atom is -0.355 e. The molecule has 2 N–H and O–H groups in total. The van der Waals surface area contributed by atoms with Gasteiger partial charge in [-0.25, -0.2) is 4.39 Å². The molecule has 0 bridgehead atoms. The third kappa shape index (κ3) is 7.06. The molecule has 9 heteroatoms. The summed E-state index contributed by atoms with van der Waals surface area (Å²) in [4.78, 5) is 34.8. The predicted octanol–water partition coefficient (Wildman–Crippen LogP) is 2.76. The van der Waals surface area contributed by atoms with Crippen LogP contribution in [0.5, 0.6) is 0 Å². The van der Waals surface area contributed by atoms with Crippen LogP contribution in [0.4, 0.5) is 10.1 Å². The van der Waals surface area contributed by atoms with Gasteiger partial charge in [-0.2, -0.15) is 0 Å². The van der Waals surface area contributed by atoms with Crippen LogP contribution in [0.15, 0.2) is 53.4 Å². The molecule has 0 unspecified atom stereocenters. The lowest BCUT2D eigenvalue weighted by molar-refractivity contribution is -0.384. The van der Waals surface area contributed by atoms with Gasteiger partial charge in [0.05, 0.1) is 11.5 Å². The number of nitro benzene ring substituents is 1. The Morgan fingerprint density at radius 1 is 1.11 bits per heavy atom. The Morgan fingerprint density at radius 3 is 2.56 bits per heavy atom. The number of amides is 2. The Hall–Kier alpha value is -2.94. The zero-order valence-electron chi connectivity index (χ0n) is 14.3. The summed E-state index contributed by atoms with van der Waals surface area (Å²) in [5, 5.41) is 15.8. The molecule has 0 fully saturated rings. The molecule has 0 radical (unpaired) electrons. The Labute approximate surface area is 159 Å². The summed E-state index contributed by atoms with van der Waals surface area (Å²) in [5.41, 5.74) is -0.0709. The maximum Gasteiger partial charge on any atom is 0.270 e. The highest BCUT2D eigenvalue weighted by molar-refractivity contribution is 7.99. The number of hydrogen-bond acceptors (Lipinski definition) is 5. The van der Waals surface area contributed by atoms with Crippen molar-refractivity contribution >= 4 is 29.3 Å². The third-order valence-corrected chi connectivity index (χ3v) is 4.55. The van der Waals surface area contributed by atoms with Crippen LogP contribution in [0.1, 0.15) is 16.8 Å². The van der Waals surface area contributed by atoms with E-state index < -0.39 is 10.8 Å². The molecule has 2 amide bonds. The summed E-state index contributed by atoms with van der Waals surface area (Å²) >= 11 is 1.56. The molecule has 0 aliphatic heterocycles. The van der Waals surface area contributed by atoms with E-state index >= 15 is 0 Å². The highest BCUT2D eigenvalue weighted by Crippen LogP contribution is 2.18. The summed E-state index contributed by atoms with van der Waals surface area (Å²) < 4.78 is 12.8. The van der Waals surface area contributed by atoms with Crippen LogP contribution in [0, 0.1) is 15.9 Å². The minimum absolute atomic E-state index is 0.118. The van der Waals surface area contributed by atoms with Gasteiger partial charge >= 0.3 is 0 Å². The first-order valence-electron chi connectivity index (χ1n) is 8.13. The van der Waals surface area contributed by atoms with E-state index in [0.717, 1.165) is 16.7 Å². The second kappa shape index (κ2) is 10.3. The molecule has 0 aliphatic rings. The summed E-state index contributed by atoms with van der Waals surface area (Å²) in [7, 11) is 0. The number of benzene rings is 2. The first-order valence-corrected chi connectivity index (χ1v) is 9.12. The van der Waals surface area contributed by atoms with Crippen molar-refractivity contribution in [2.75, 3.05) is 18.8 Å². The normalized spacial score (nSPS) is 10.3. The highest BCUT2D eigenvalue weighted by atomic mass is 32.2. The predicted molar refractivity (Wildman–Crippen MR) is 100 cm³/mol. The summed E-state index contributed by atoms with van der Waals surface area (Å²) in [6.07, 6.45) is 0.715. The van der Waals surface area contributed by atoms with Gasteiger partial charge in [0.1, 0.15) is 5.82 Å². The number of nitrogens with one attached hydrogen (secondary N) is 2. The average Bonchev–Trinajstić information content (AvgIpc) is 2.67. The van der Waals surface area contributed by atoms with Gasteiger partial charge in [0.2, 0.25) is 5.91 Å². The molecule has 0 spiro atoms. The van der Waals surface area contributed by atoms with Gasteiger partial charge in [-0.05, 0) is 42.5 Å². The molecule has 0 saturated heterocycles. The Morgan fingerprint density at radius 2 is 1.85 bits per heavy atom. The zero-order valence-corrected chi connectivity index (χ0v) is 15.1. The minimum atomic E-state index is -0.590. The Bertz CT molecular complexity index is 815. The fourth-order valence-electron chi connectivity index (χ4n) is 2.11. The number of thioether (sulfide) groups is 1. The maximum atomic E-state index is 12.8. The van der Waals surface area contributed by atoms with Crippen LogP contribution in [-0.4, -0.2) is 35.6 Å². The molecule has 0 heterocycles. The van der Waals surface area contributed by atoms with Gasteiger partial charge in [-0.15, -0.1) is 11.8 Å². The quantitative estimate of drug-likeness (QED) is 0.296. The van der Waals surface area contributed by atoms with Crippen molar-refractivity contribution in [2.45, 2.75) is 11.3 Å². The molecule has 2 aromatic rings. The number of nitrogens with zero attached hydrogens (tertiary/aromatic N) is 1. The monoisotopic (exact) mass is 391 g/mol. The summed E-state index contributed by atoms with van der Waals surface area (Å²) in [6.45, 7) is 0.229. The molecule has 0 saturated carbocycles. The van der Waals surface area contributed by atoms with E-state index in [-0.39, 0.29) is 29.5 Å². The number of carbonyl (C=O) groups excluding carboxylic acids is 2. The SMILES string of the molecule is O=C(CNC(=O)c1cccc([N+](=O)[O-])c1)NCCCSc1ccc(F)cc1. The molecule has 0 aliphatic carbocycles. The van der Waals surface area contributed by atoms with Gasteiger partial charge in [-0.3, -0.25) is 19.7 Å². The van der Waals surface area contributed by atoms with E-state index in [1.807, 2.05) is 0 Å². The Kier molecular flexibility index (Phi) is 7.75. The van der Waals surface area contributed by atoms with Gasteiger partial charge in [0, 0.05) is 29.1 Å². The zero-order chi connectivity index (χ0) is 19.6. The van der Waals surface area contributed by atoms with Crippen LogP contribution in [-0.2, 0) is 4.79 Å². The standard InChI is InChI=1S/C18H18FN3O4S/c19-14-5-7-16(8-6-14)27-10-2-9-20-17(23)12-21-18(24)13-3-1-4-15(11-13)22(25)26/h1,3-8,11H,2,9-10,12H2,(H,20,23)(H,21,24). The van der Waals surface area contributed by atoms with Crippen LogP contribution in [0.25, 0.3) is 0 Å². The lowest BCUT2D eigenvalue weighted by Gasteiger charge is -2.07. The second-order valence-electron chi connectivity index (χ2n) is 5.50. The number of halogens is 1. The molecule has 27 heavy (non-hydrogen) atoms. The second-order valence-corrected chi connectivity index (χ2v) is 6.66. The van der Waals surface area contributed by atoms with Gasteiger partial charge in [0.25, 0.3) is 11.6 Å². The number of carbonyl (C=O) groups is 2. The maximum absolute atomic E-state index is 12.8. The van der Waals surface area contributed by atoms with Crippen molar-refractivity contribution in [2.24, 2.45) is 0 Å². The van der Waals surface area contributed by atoms with Crippen molar-refractivity contribution < 1.29 is 18.9 Å². The number of non-ortho nitro benzene ring substituents is 1. The average molecular weight is 391 g/mol. The molecular weight excluding hydrogens is 373 g/mol. The summed E-state index contributed by atoms with van der Waals surface area (Å²) in [6, 6.07) is 11.5. The molecular formula is C18H18FN3O4S. The van der Waals surface area contributed by atoms with Gasteiger partial charge in [-0.1, -0.05) is 6.07 Å². The fraction of sp³-hybridized carbons (Fsp3) is 0.222. The van der Waals surface area contributed by atoms with E-state index in [4.69, 9.17) is 0 Å². The van der Waals surface area contributed by atoms with Crippen molar-refractivity contribution in [3.8, 4) is 0 Å². The van der Waals surface area contributed by atoms with Gasteiger partial charge < -0.3 is 10.6 Å². The largest absolute Gasteiger partial charge is 0.355 e. The molecule has 0 aromatic heterocycles. The first-order chi connectivity index (χ1) is 13.0. The number of nitro groups is 1. The molecule has 0 atom stereocenters. The smallest absolute Gasteiger partial charge is 0.270 e. The van der Waals surface area contributed by atoms with E-state index in [0.29, 0.717) is 13.0 Å². The van der Waals surface area contributed by atoms with Crippen LogP contribution < -0.4 is 10.6 Å². The van der Waals surface area contributed by atoms with Crippen LogP contribution in [0.3, 0.4) is 0 Å². The van der Waals surface area contributed by atoms with Crippen molar-refractivity contribution in [1.82, 2.24) is 10.6 Å². The lowest BCUT2D eigenvalue weighted by atomic mass is 10.2. The lowest BCUT2D eigenvalue weighted by Crippen LogP contribution is -2.37. The molecule has 142 valence electrons. The van der Waals surface area contributed by atoms with Crippen LogP contribution >= 0.6 is 11.8 Å². The highest BCUT2D eigenvalue weighted by Gasteiger charge is 2.12. The number of rotatable bonds is 9. The fourth-order valence-corrected chi connectivity index (χ4v) is 2.96. The molecule has 7 nitrogen and oxygen atoms in total. The van der Waals surface area contributed by atoms with Gasteiger partial charge in [0.15, 0.2) is 0 Å². The van der Waals surface area contributed by atoms with Crippen LogP contribution in [0.2, 0.25) is 0 Å². The summed E-state index contributed by atoms with van der Waals surface area (Å²) in [5.74, 6) is -0.425. The molecule has 2 aromatic carbocycles. The van der Waals surface area contributed by atoms with E-state index in [9.17, 15) is 24.1 Å².